The molecule has 176 valence electrons. The number of anilines is 1. The molecule has 0 unspecified atom stereocenters. The molecule has 4 rings (SSSR count). The second-order valence-corrected chi connectivity index (χ2v) is 7.58. The van der Waals surface area contributed by atoms with E-state index >= 15 is 0 Å². The van der Waals surface area contributed by atoms with Gasteiger partial charge in [0.15, 0.2) is 5.94 Å². The average Bonchev–Trinajstić information content (AvgIpc) is 3.10. The lowest BCUT2D eigenvalue weighted by molar-refractivity contribution is -0.109. The lowest BCUT2D eigenvalue weighted by atomic mass is 10.0. The van der Waals surface area contributed by atoms with E-state index in [9.17, 15) is 9.59 Å². The van der Waals surface area contributed by atoms with Gasteiger partial charge in [0, 0.05) is 27.0 Å². The molecule has 0 bridgehead atoms. The van der Waals surface area contributed by atoms with Gasteiger partial charge >= 0.3 is 6.09 Å². The minimum absolute atomic E-state index is 0.0214. The molecule has 0 fully saturated rings. The monoisotopic (exact) mass is 463 g/mol. The van der Waals surface area contributed by atoms with Gasteiger partial charge in [0.05, 0.1) is 12.8 Å². The maximum Gasteiger partial charge on any atom is 0.420 e. The Hall–Kier alpha value is -3.91. The van der Waals surface area contributed by atoms with Crippen LogP contribution in [0.25, 0.3) is 0 Å². The Balaban J connectivity index is 1.70. The summed E-state index contributed by atoms with van der Waals surface area (Å²) in [5.41, 5.74) is 2.13. The molecular weight excluding hydrogens is 438 g/mol. The van der Waals surface area contributed by atoms with Crippen LogP contribution in [0.1, 0.15) is 29.5 Å². The lowest BCUT2D eigenvalue weighted by Crippen LogP contribution is -2.39. The molecule has 9 heteroatoms. The van der Waals surface area contributed by atoms with Crippen LogP contribution in [0.2, 0.25) is 0 Å². The SMILES string of the molecule is COC(OC)c1nc2c(cc1CN1C=CC=COC1=C=O)CCCN2C(=O)Oc1ccccc1. The third kappa shape index (κ3) is 5.02. The largest absolute Gasteiger partial charge is 0.440 e. The quantitative estimate of drug-likeness (QED) is 0.471. The molecule has 3 heterocycles. The van der Waals surface area contributed by atoms with Crippen molar-refractivity contribution in [3.63, 3.8) is 0 Å². The smallest absolute Gasteiger partial charge is 0.420 e. The predicted octanol–water partition coefficient (Wildman–Crippen LogP) is 3.86. The van der Waals surface area contributed by atoms with Crippen molar-refractivity contribution in [2.75, 3.05) is 25.7 Å². The first kappa shape index (κ1) is 23.3. The second-order valence-electron chi connectivity index (χ2n) is 7.58. The highest BCUT2D eigenvalue weighted by atomic mass is 16.7. The number of benzene rings is 1. The molecule has 0 atom stereocenters. The van der Waals surface area contributed by atoms with E-state index in [4.69, 9.17) is 23.9 Å². The number of nitrogens with zero attached hydrogens (tertiary/aromatic N) is 3. The number of aromatic nitrogens is 1. The highest BCUT2D eigenvalue weighted by molar-refractivity contribution is 5.89. The topological polar surface area (TPSA) is 90.4 Å². The Morgan fingerprint density at radius 3 is 2.74 bits per heavy atom. The maximum atomic E-state index is 13.0. The van der Waals surface area contributed by atoms with E-state index in [2.05, 4.69) is 0 Å². The third-order valence-corrected chi connectivity index (χ3v) is 5.42. The van der Waals surface area contributed by atoms with Crippen LogP contribution in [-0.2, 0) is 32.0 Å². The summed E-state index contributed by atoms with van der Waals surface area (Å²) in [4.78, 5) is 32.4. The van der Waals surface area contributed by atoms with Crippen LogP contribution in [0.4, 0.5) is 10.6 Å². The number of amides is 1. The summed E-state index contributed by atoms with van der Waals surface area (Å²) in [6, 6.07) is 10.9. The van der Waals surface area contributed by atoms with Gasteiger partial charge in [-0.2, -0.15) is 0 Å². The Labute approximate surface area is 197 Å². The van der Waals surface area contributed by atoms with E-state index in [0.29, 0.717) is 23.8 Å². The first-order chi connectivity index (χ1) is 16.6. The van der Waals surface area contributed by atoms with Gasteiger partial charge in [0.2, 0.25) is 6.29 Å². The number of carbonyl (C=O) groups is 1. The van der Waals surface area contributed by atoms with Gasteiger partial charge in [-0.05, 0) is 54.3 Å². The molecular formula is C25H25N3O6. The molecule has 9 nitrogen and oxygen atoms in total. The Kier molecular flexibility index (Phi) is 7.39. The summed E-state index contributed by atoms with van der Waals surface area (Å²) in [6.07, 6.45) is 6.75. The second kappa shape index (κ2) is 10.8. The highest BCUT2D eigenvalue weighted by Crippen LogP contribution is 2.32. The molecule has 0 radical (unpaired) electrons. The zero-order chi connectivity index (χ0) is 23.9. The molecule has 1 aromatic carbocycles. The number of fused-ring (bicyclic) bond motifs is 1. The van der Waals surface area contributed by atoms with Gasteiger partial charge in [-0.3, -0.25) is 4.90 Å². The minimum atomic E-state index is -0.784. The van der Waals surface area contributed by atoms with Gasteiger partial charge < -0.3 is 23.8 Å². The molecule has 0 N–H and O–H groups in total. The van der Waals surface area contributed by atoms with E-state index in [1.165, 1.54) is 25.4 Å². The average molecular weight is 463 g/mol. The standard InChI is InChI=1S/C25H25N3O6/c1-31-24(32-2)22-19(16-27-12-6-7-14-33-21(27)17-29)15-18-9-8-13-28(23(18)26-22)25(30)34-20-10-4-3-5-11-20/h3-7,10-12,14-15,24H,8-9,13,16H2,1-2H3. The third-order valence-electron chi connectivity index (χ3n) is 5.42. The number of rotatable bonds is 6. The van der Waals surface area contributed by atoms with E-state index in [-0.39, 0.29) is 12.4 Å². The van der Waals surface area contributed by atoms with Crippen LogP contribution in [0.15, 0.2) is 66.9 Å². The number of pyridine rings is 1. The van der Waals surface area contributed by atoms with Crippen LogP contribution in [-0.4, -0.2) is 42.7 Å². The van der Waals surface area contributed by atoms with E-state index in [1.807, 2.05) is 18.1 Å². The number of allylic oxidation sites excluding steroid dienone is 2. The van der Waals surface area contributed by atoms with Crippen molar-refractivity contribution in [2.24, 2.45) is 0 Å². The van der Waals surface area contributed by atoms with Crippen molar-refractivity contribution in [2.45, 2.75) is 25.7 Å². The molecule has 2 aliphatic rings. The summed E-state index contributed by atoms with van der Waals surface area (Å²) < 4.78 is 21.9. The summed E-state index contributed by atoms with van der Waals surface area (Å²) in [5.74, 6) is 2.79. The molecule has 1 aromatic heterocycles. The van der Waals surface area contributed by atoms with Gasteiger partial charge in [0.1, 0.15) is 17.3 Å². The Morgan fingerprint density at radius 1 is 1.21 bits per heavy atom. The maximum absolute atomic E-state index is 13.0. The van der Waals surface area contributed by atoms with Gasteiger partial charge in [0.25, 0.3) is 5.88 Å². The summed E-state index contributed by atoms with van der Waals surface area (Å²) in [5, 5.41) is 0. The van der Waals surface area contributed by atoms with Gasteiger partial charge in [-0.1, -0.05) is 18.2 Å². The zero-order valence-corrected chi connectivity index (χ0v) is 19.0. The van der Waals surface area contributed by atoms with Crippen molar-refractivity contribution in [1.82, 2.24) is 9.88 Å². The van der Waals surface area contributed by atoms with Crippen molar-refractivity contribution in [3.8, 4) is 5.75 Å². The van der Waals surface area contributed by atoms with Crippen LogP contribution in [0.3, 0.4) is 0 Å². The number of methoxy groups -OCH3 is 2. The fraction of sp³-hybridized carbons (Fsp3) is 0.280. The molecule has 2 aromatic rings. The lowest BCUT2D eigenvalue weighted by Gasteiger charge is -2.30. The molecule has 0 saturated heterocycles. The van der Waals surface area contributed by atoms with Crippen LogP contribution in [0, 0.1) is 0 Å². The first-order valence-corrected chi connectivity index (χ1v) is 10.8. The number of aryl methyl sites for hydroxylation is 1. The van der Waals surface area contributed by atoms with Gasteiger partial charge in [-0.25, -0.2) is 14.6 Å². The highest BCUT2D eigenvalue weighted by Gasteiger charge is 2.30. The Morgan fingerprint density at radius 2 is 2.00 bits per heavy atom. The fourth-order valence-corrected chi connectivity index (χ4v) is 3.86. The summed E-state index contributed by atoms with van der Waals surface area (Å²) in [7, 11) is 3.02. The van der Waals surface area contributed by atoms with Crippen molar-refractivity contribution < 1.29 is 28.5 Å². The number of hydrogen-bond donors (Lipinski definition) is 0. The predicted molar refractivity (Wildman–Crippen MR) is 123 cm³/mol. The van der Waals surface area contributed by atoms with Crippen LogP contribution in [0.5, 0.6) is 5.75 Å². The van der Waals surface area contributed by atoms with E-state index < -0.39 is 12.4 Å². The number of hydrogen-bond acceptors (Lipinski definition) is 8. The number of ether oxygens (including phenoxy) is 4. The number of para-hydroxylation sites is 1. The van der Waals surface area contributed by atoms with Crippen molar-refractivity contribution in [3.05, 3.63) is 83.7 Å². The van der Waals surface area contributed by atoms with Gasteiger partial charge in [-0.15, -0.1) is 0 Å². The van der Waals surface area contributed by atoms with E-state index in [0.717, 1.165) is 24.0 Å². The molecule has 0 aliphatic carbocycles. The normalized spacial score (nSPS) is 15.0. The minimum Gasteiger partial charge on any atom is -0.440 e. The first-order valence-electron chi connectivity index (χ1n) is 10.8. The van der Waals surface area contributed by atoms with E-state index in [1.54, 1.807) is 47.5 Å². The molecule has 0 spiro atoms. The molecule has 2 aliphatic heterocycles. The summed E-state index contributed by atoms with van der Waals surface area (Å²) >= 11 is 0. The summed E-state index contributed by atoms with van der Waals surface area (Å²) in [6.45, 7) is 0.734. The fourth-order valence-electron chi connectivity index (χ4n) is 3.86. The Bertz CT molecular complexity index is 1140. The zero-order valence-electron chi connectivity index (χ0n) is 19.0. The van der Waals surface area contributed by atoms with Crippen LogP contribution < -0.4 is 9.64 Å². The number of carbonyl (C=O) groups excluding carboxylic acids is 2. The van der Waals surface area contributed by atoms with Crippen molar-refractivity contribution >= 4 is 17.9 Å². The van der Waals surface area contributed by atoms with Crippen LogP contribution >= 0.6 is 0 Å². The molecule has 1 amide bonds. The van der Waals surface area contributed by atoms with Crippen molar-refractivity contribution in [1.29, 1.82) is 0 Å². The molecule has 34 heavy (non-hydrogen) atoms. The molecule has 0 saturated carbocycles.